The molecule has 2 aliphatic heterocycles. The smallest absolute Gasteiger partial charge is 0.423 e. The fourth-order valence-electron chi connectivity index (χ4n) is 8.26. The number of amides is 5. The highest BCUT2D eigenvalue weighted by Gasteiger charge is 2.71. The Labute approximate surface area is 270 Å². The van der Waals surface area contributed by atoms with Gasteiger partial charge < -0.3 is 14.6 Å². The Balaban J connectivity index is 1.46. The van der Waals surface area contributed by atoms with Crippen molar-refractivity contribution in [2.24, 2.45) is 23.7 Å². The Bertz CT molecular complexity index is 1860. The summed E-state index contributed by atoms with van der Waals surface area (Å²) >= 11 is 0. The number of methoxy groups -OCH3 is 2. The van der Waals surface area contributed by atoms with E-state index in [0.717, 1.165) is 17.7 Å². The van der Waals surface area contributed by atoms with Crippen molar-refractivity contribution in [2.75, 3.05) is 19.6 Å². The third kappa shape index (κ3) is 4.29. The number of aryl methyl sites for hydroxylation is 1. The van der Waals surface area contributed by atoms with E-state index in [4.69, 9.17) is 9.47 Å². The van der Waals surface area contributed by atoms with E-state index >= 15 is 4.79 Å². The van der Waals surface area contributed by atoms with Crippen LogP contribution in [0.5, 0.6) is 11.5 Å². The Hall–Kier alpha value is -5.45. The number of carbonyl (C=O) groups excluding carboxylic acids is 5. The molecule has 6 unspecified atom stereocenters. The number of phenols is 1. The van der Waals surface area contributed by atoms with Crippen LogP contribution in [0.25, 0.3) is 0 Å². The van der Waals surface area contributed by atoms with Crippen LogP contribution < -0.4 is 10.2 Å². The fraction of sp³-hybridized carbons (Fsp3) is 0.306. The number of nitrogens with zero attached hydrogens (tertiary/aromatic N) is 2. The Morgan fingerprint density at radius 2 is 1.64 bits per heavy atom. The Morgan fingerprint density at radius 1 is 0.915 bits per heavy atom. The standard InChI is InChI=1S/C36H33N3O8/c1-19-9-11-21(12-10-19)37-39-32(42)27-18-26-23(15-16-25-29(26)33(43)38(31(25)41)35(45)47-3)30(24-14-13-22(46-2)17-28(24)40)36(27,34(39)44)20-7-5-4-6-8-20/h4-15,17,25-27,29-30,37,40H,16,18H2,1-3H3. The van der Waals surface area contributed by atoms with E-state index in [1.165, 1.54) is 13.2 Å². The molecule has 3 fully saturated rings. The third-order valence-electron chi connectivity index (χ3n) is 10.3. The number of nitrogens with one attached hydrogen (secondary N) is 1. The number of ether oxygens (including phenoxy) is 2. The second kappa shape index (κ2) is 11.1. The zero-order valence-electron chi connectivity index (χ0n) is 26.0. The monoisotopic (exact) mass is 635 g/mol. The minimum absolute atomic E-state index is 0.0556. The second-order valence-electron chi connectivity index (χ2n) is 12.5. The highest BCUT2D eigenvalue weighted by molar-refractivity contribution is 6.16. The number of hydrogen-bond donors (Lipinski definition) is 2. The summed E-state index contributed by atoms with van der Waals surface area (Å²) < 4.78 is 10.1. The average Bonchev–Trinajstić information content (AvgIpc) is 3.46. The average molecular weight is 636 g/mol. The molecule has 2 heterocycles. The molecule has 0 radical (unpaired) electrons. The molecular weight excluding hydrogens is 602 g/mol. The lowest BCUT2D eigenvalue weighted by molar-refractivity contribution is -0.140. The SMILES string of the molecule is COC(=O)N1C(=O)C2CC=C3C(CC4C(=O)N(Nc5ccc(C)cc5)C(=O)C4(c4ccccc4)C3c3ccc(OC)cc3O)C2C1=O. The van der Waals surface area contributed by atoms with Gasteiger partial charge in [-0.2, -0.15) is 9.91 Å². The predicted molar refractivity (Wildman–Crippen MR) is 168 cm³/mol. The summed E-state index contributed by atoms with van der Waals surface area (Å²) in [7, 11) is 2.57. The summed E-state index contributed by atoms with van der Waals surface area (Å²) in [6.07, 6.45) is 0.974. The minimum atomic E-state index is -1.54. The van der Waals surface area contributed by atoms with Gasteiger partial charge in [0.25, 0.3) is 11.8 Å². The van der Waals surface area contributed by atoms with Gasteiger partial charge in [0, 0.05) is 17.5 Å². The fourth-order valence-corrected chi connectivity index (χ4v) is 8.26. The first kappa shape index (κ1) is 30.2. The van der Waals surface area contributed by atoms with Crippen LogP contribution >= 0.6 is 0 Å². The largest absolute Gasteiger partial charge is 0.508 e. The molecule has 240 valence electrons. The predicted octanol–water partition coefficient (Wildman–Crippen LogP) is 4.46. The molecule has 2 saturated heterocycles. The molecule has 5 amide bonds. The third-order valence-corrected chi connectivity index (χ3v) is 10.3. The number of imide groups is 4. The molecule has 11 nitrogen and oxygen atoms in total. The van der Waals surface area contributed by atoms with Crippen molar-refractivity contribution in [3.05, 3.63) is 101 Å². The maximum atomic E-state index is 15.1. The molecule has 1 saturated carbocycles. The van der Waals surface area contributed by atoms with Crippen molar-refractivity contribution < 1.29 is 38.6 Å². The van der Waals surface area contributed by atoms with Gasteiger partial charge in [-0.1, -0.05) is 65.7 Å². The number of anilines is 1. The molecule has 0 aromatic heterocycles. The number of hydrogen-bond acceptors (Lipinski definition) is 9. The molecule has 7 rings (SSSR count). The van der Waals surface area contributed by atoms with Gasteiger partial charge in [0.05, 0.1) is 43.1 Å². The van der Waals surface area contributed by atoms with E-state index in [9.17, 15) is 24.3 Å². The van der Waals surface area contributed by atoms with Crippen LogP contribution in [0.1, 0.15) is 35.4 Å². The van der Waals surface area contributed by atoms with E-state index < -0.39 is 64.7 Å². The summed E-state index contributed by atoms with van der Waals surface area (Å²) in [5.41, 5.74) is 4.63. The molecule has 0 bridgehead atoms. The quantitative estimate of drug-likeness (QED) is 0.307. The lowest BCUT2D eigenvalue weighted by Gasteiger charge is -2.50. The van der Waals surface area contributed by atoms with Crippen LogP contribution in [0.15, 0.2) is 84.4 Å². The molecule has 3 aromatic rings. The lowest BCUT2D eigenvalue weighted by Crippen LogP contribution is -2.53. The molecule has 2 aliphatic carbocycles. The van der Waals surface area contributed by atoms with Crippen molar-refractivity contribution in [3.63, 3.8) is 0 Å². The van der Waals surface area contributed by atoms with Crippen molar-refractivity contribution >= 4 is 35.4 Å². The molecule has 11 heteroatoms. The summed E-state index contributed by atoms with van der Waals surface area (Å²) in [5.74, 6) is -6.52. The number of phenolic OH excluding ortho intramolecular Hbond substituents is 1. The van der Waals surface area contributed by atoms with Gasteiger partial charge in [0.2, 0.25) is 11.8 Å². The van der Waals surface area contributed by atoms with Crippen molar-refractivity contribution in [1.29, 1.82) is 0 Å². The molecule has 6 atom stereocenters. The first-order chi connectivity index (χ1) is 22.6. The minimum Gasteiger partial charge on any atom is -0.508 e. The number of hydrazine groups is 1. The van der Waals surface area contributed by atoms with Crippen LogP contribution in [0, 0.1) is 30.6 Å². The molecular formula is C36H33N3O8. The van der Waals surface area contributed by atoms with E-state index in [0.29, 0.717) is 33.0 Å². The lowest BCUT2D eigenvalue weighted by atomic mass is 9.49. The van der Waals surface area contributed by atoms with Crippen LogP contribution in [0.2, 0.25) is 0 Å². The maximum absolute atomic E-state index is 15.1. The summed E-state index contributed by atoms with van der Waals surface area (Å²) in [4.78, 5) is 70.0. The molecule has 0 spiro atoms. The van der Waals surface area contributed by atoms with Crippen molar-refractivity contribution in [3.8, 4) is 11.5 Å². The van der Waals surface area contributed by atoms with Gasteiger partial charge in [-0.15, -0.1) is 0 Å². The number of carbonyl (C=O) groups is 5. The maximum Gasteiger partial charge on any atom is 0.423 e. The van der Waals surface area contributed by atoms with Gasteiger partial charge in [-0.05, 0) is 49.4 Å². The second-order valence-corrected chi connectivity index (χ2v) is 12.5. The highest BCUT2D eigenvalue weighted by atomic mass is 16.5. The van der Waals surface area contributed by atoms with E-state index in [-0.39, 0.29) is 18.6 Å². The van der Waals surface area contributed by atoms with Gasteiger partial charge in [0.1, 0.15) is 11.5 Å². The van der Waals surface area contributed by atoms with Gasteiger partial charge in [-0.3, -0.25) is 24.6 Å². The Morgan fingerprint density at radius 3 is 2.30 bits per heavy atom. The van der Waals surface area contributed by atoms with E-state index in [2.05, 4.69) is 5.43 Å². The van der Waals surface area contributed by atoms with E-state index in [1.807, 2.05) is 31.2 Å². The first-order valence-electron chi connectivity index (χ1n) is 15.4. The number of rotatable bonds is 5. The zero-order valence-corrected chi connectivity index (χ0v) is 26.0. The van der Waals surface area contributed by atoms with Crippen LogP contribution in [0.3, 0.4) is 0 Å². The number of allylic oxidation sites excluding steroid dienone is 2. The number of aromatic hydroxyl groups is 1. The number of benzene rings is 3. The summed E-state index contributed by atoms with van der Waals surface area (Å²) in [6.45, 7) is 1.93. The topological polar surface area (TPSA) is 143 Å². The highest BCUT2D eigenvalue weighted by Crippen LogP contribution is 2.65. The van der Waals surface area contributed by atoms with Gasteiger partial charge >= 0.3 is 6.09 Å². The van der Waals surface area contributed by atoms with Crippen molar-refractivity contribution in [1.82, 2.24) is 9.91 Å². The Kier molecular flexibility index (Phi) is 7.14. The van der Waals surface area contributed by atoms with Crippen molar-refractivity contribution in [2.45, 2.75) is 31.1 Å². The molecule has 3 aromatic carbocycles. The number of fused-ring (bicyclic) bond motifs is 4. The van der Waals surface area contributed by atoms with Gasteiger partial charge in [-0.25, -0.2) is 4.79 Å². The zero-order chi connectivity index (χ0) is 33.2. The van der Waals surface area contributed by atoms with Crippen LogP contribution in [0.4, 0.5) is 10.5 Å². The molecule has 47 heavy (non-hydrogen) atoms. The first-order valence-corrected chi connectivity index (χ1v) is 15.4. The van der Waals surface area contributed by atoms with Crippen LogP contribution in [-0.4, -0.2) is 59.0 Å². The van der Waals surface area contributed by atoms with Crippen LogP contribution in [-0.2, 0) is 29.3 Å². The van der Waals surface area contributed by atoms with E-state index in [1.54, 1.807) is 48.5 Å². The number of likely N-dealkylation sites (tertiary alicyclic amines) is 1. The summed E-state index contributed by atoms with van der Waals surface area (Å²) in [6, 6.07) is 21.1. The molecule has 4 aliphatic rings. The summed E-state index contributed by atoms with van der Waals surface area (Å²) in [5, 5.41) is 12.6. The molecule has 2 N–H and O–H groups in total. The van der Waals surface area contributed by atoms with Gasteiger partial charge in [0.15, 0.2) is 0 Å². The normalized spacial score (nSPS) is 28.0.